The number of anilines is 3. The molecule has 1 N–H and O–H groups in total. The zero-order chi connectivity index (χ0) is 19.9. The topological polar surface area (TPSA) is 61.4 Å². The number of amides is 1. The molecular formula is C22H31N5O. The van der Waals surface area contributed by atoms with E-state index in [-0.39, 0.29) is 5.91 Å². The summed E-state index contributed by atoms with van der Waals surface area (Å²) in [6, 6.07) is 8.38. The molecule has 1 saturated heterocycles. The molecule has 0 atom stereocenters. The van der Waals surface area contributed by atoms with Crippen molar-refractivity contribution in [2.24, 2.45) is 5.92 Å². The molecule has 28 heavy (non-hydrogen) atoms. The SMILES string of the molecule is CCCCN(C)C(=O)c1cnc(Nc2ccc(N3CCC(C)CC3)cc2)nc1. The van der Waals surface area contributed by atoms with Crippen molar-refractivity contribution >= 4 is 23.2 Å². The number of hydrogen-bond acceptors (Lipinski definition) is 5. The molecule has 1 fully saturated rings. The van der Waals surface area contributed by atoms with Crippen molar-refractivity contribution in [3.63, 3.8) is 0 Å². The Morgan fingerprint density at radius 3 is 2.43 bits per heavy atom. The van der Waals surface area contributed by atoms with E-state index >= 15 is 0 Å². The number of carbonyl (C=O) groups is 1. The van der Waals surface area contributed by atoms with Gasteiger partial charge in [-0.05, 0) is 49.4 Å². The van der Waals surface area contributed by atoms with Gasteiger partial charge in [-0.15, -0.1) is 0 Å². The summed E-state index contributed by atoms with van der Waals surface area (Å²) in [5.74, 6) is 1.28. The second kappa shape index (κ2) is 9.53. The van der Waals surface area contributed by atoms with Crippen LogP contribution in [0, 0.1) is 5.92 Å². The van der Waals surface area contributed by atoms with Crippen molar-refractivity contribution in [2.75, 3.05) is 36.9 Å². The first-order valence-corrected chi connectivity index (χ1v) is 10.3. The normalized spacial score (nSPS) is 14.8. The maximum absolute atomic E-state index is 12.3. The highest BCUT2D eigenvalue weighted by atomic mass is 16.2. The first-order valence-electron chi connectivity index (χ1n) is 10.3. The number of piperidine rings is 1. The third-order valence-electron chi connectivity index (χ3n) is 5.36. The number of nitrogens with zero attached hydrogens (tertiary/aromatic N) is 4. The predicted molar refractivity (Wildman–Crippen MR) is 114 cm³/mol. The van der Waals surface area contributed by atoms with Gasteiger partial charge in [-0.25, -0.2) is 9.97 Å². The summed E-state index contributed by atoms with van der Waals surface area (Å²) < 4.78 is 0. The molecular weight excluding hydrogens is 350 g/mol. The van der Waals surface area contributed by atoms with Crippen LogP contribution in [0.2, 0.25) is 0 Å². The van der Waals surface area contributed by atoms with Crippen molar-refractivity contribution < 1.29 is 4.79 Å². The van der Waals surface area contributed by atoms with Crippen LogP contribution in [0.15, 0.2) is 36.7 Å². The van der Waals surface area contributed by atoms with Crippen molar-refractivity contribution in [3.05, 3.63) is 42.2 Å². The van der Waals surface area contributed by atoms with Crippen molar-refractivity contribution in [1.29, 1.82) is 0 Å². The van der Waals surface area contributed by atoms with Crippen LogP contribution < -0.4 is 10.2 Å². The Hall–Kier alpha value is -2.63. The maximum Gasteiger partial charge on any atom is 0.256 e. The Bertz CT molecular complexity index is 752. The maximum atomic E-state index is 12.3. The number of aromatic nitrogens is 2. The van der Waals surface area contributed by atoms with Crippen LogP contribution in [0.3, 0.4) is 0 Å². The average molecular weight is 382 g/mol. The van der Waals surface area contributed by atoms with E-state index < -0.39 is 0 Å². The van der Waals surface area contributed by atoms with Crippen molar-refractivity contribution in [2.45, 2.75) is 39.5 Å². The molecule has 6 heteroatoms. The van der Waals surface area contributed by atoms with Gasteiger partial charge < -0.3 is 15.1 Å². The summed E-state index contributed by atoms with van der Waals surface area (Å²) in [6.45, 7) is 7.43. The molecule has 0 bridgehead atoms. The highest BCUT2D eigenvalue weighted by molar-refractivity contribution is 5.93. The summed E-state index contributed by atoms with van der Waals surface area (Å²) in [6.07, 6.45) is 7.74. The number of rotatable bonds is 7. The van der Waals surface area contributed by atoms with E-state index in [1.165, 1.54) is 18.5 Å². The molecule has 1 aromatic heterocycles. The van der Waals surface area contributed by atoms with Gasteiger partial charge >= 0.3 is 0 Å². The minimum absolute atomic E-state index is 0.0415. The molecule has 0 spiro atoms. The van der Waals surface area contributed by atoms with Crippen LogP contribution in [0.25, 0.3) is 0 Å². The summed E-state index contributed by atoms with van der Waals surface area (Å²) in [5.41, 5.74) is 2.71. The van der Waals surface area contributed by atoms with Crippen LogP contribution in [-0.2, 0) is 0 Å². The third-order valence-corrected chi connectivity index (χ3v) is 5.36. The second-order valence-electron chi connectivity index (χ2n) is 7.72. The van der Waals surface area contributed by atoms with Gasteiger partial charge in [0.2, 0.25) is 5.95 Å². The minimum atomic E-state index is -0.0415. The summed E-state index contributed by atoms with van der Waals surface area (Å²) in [5, 5.41) is 3.21. The fourth-order valence-corrected chi connectivity index (χ4v) is 3.37. The number of unbranched alkanes of at least 4 members (excludes halogenated alkanes) is 1. The Kier molecular flexibility index (Phi) is 6.85. The number of carbonyl (C=O) groups excluding carboxylic acids is 1. The third kappa shape index (κ3) is 5.21. The number of nitrogens with one attached hydrogen (secondary N) is 1. The van der Waals surface area contributed by atoms with Crippen LogP contribution in [0.4, 0.5) is 17.3 Å². The number of hydrogen-bond donors (Lipinski definition) is 1. The van der Waals surface area contributed by atoms with Gasteiger partial charge in [0.1, 0.15) is 0 Å². The summed E-state index contributed by atoms with van der Waals surface area (Å²) in [7, 11) is 1.81. The molecule has 1 aliphatic rings. The first-order chi connectivity index (χ1) is 13.6. The Morgan fingerprint density at radius 1 is 1.18 bits per heavy atom. The lowest BCUT2D eigenvalue weighted by Crippen LogP contribution is -2.32. The second-order valence-corrected chi connectivity index (χ2v) is 7.72. The van der Waals surface area contributed by atoms with E-state index in [2.05, 4.69) is 46.2 Å². The van der Waals surface area contributed by atoms with Crippen LogP contribution in [0.5, 0.6) is 0 Å². The minimum Gasteiger partial charge on any atom is -0.372 e. The fraction of sp³-hybridized carbons (Fsp3) is 0.500. The molecule has 1 aliphatic heterocycles. The monoisotopic (exact) mass is 381 g/mol. The smallest absolute Gasteiger partial charge is 0.256 e. The molecule has 1 aromatic carbocycles. The quantitative estimate of drug-likeness (QED) is 0.773. The summed E-state index contributed by atoms with van der Waals surface area (Å²) in [4.78, 5) is 25.1. The average Bonchev–Trinajstić information content (AvgIpc) is 2.73. The van der Waals surface area contributed by atoms with Crippen molar-refractivity contribution in [3.8, 4) is 0 Å². The molecule has 0 saturated carbocycles. The van der Waals surface area contributed by atoms with E-state index in [1.54, 1.807) is 17.3 Å². The van der Waals surface area contributed by atoms with E-state index in [0.29, 0.717) is 11.5 Å². The van der Waals surface area contributed by atoms with Gasteiger partial charge in [-0.1, -0.05) is 20.3 Å². The fourth-order valence-electron chi connectivity index (χ4n) is 3.37. The molecule has 2 heterocycles. The lowest BCUT2D eigenvalue weighted by atomic mass is 9.99. The van der Waals surface area contributed by atoms with E-state index in [9.17, 15) is 4.79 Å². The standard InChI is InChI=1S/C22H31N5O/c1-4-5-12-26(3)21(28)18-15-23-22(24-16-18)25-19-6-8-20(9-7-19)27-13-10-17(2)11-14-27/h6-9,15-17H,4-5,10-14H2,1-3H3,(H,23,24,25). The zero-order valence-corrected chi connectivity index (χ0v) is 17.2. The first kappa shape index (κ1) is 20.1. The van der Waals surface area contributed by atoms with E-state index in [0.717, 1.165) is 44.1 Å². The van der Waals surface area contributed by atoms with Crippen LogP contribution in [0.1, 0.15) is 49.9 Å². The highest BCUT2D eigenvalue weighted by Gasteiger charge is 2.16. The molecule has 2 aromatic rings. The Labute approximate surface area is 168 Å². The Balaban J connectivity index is 1.57. The molecule has 3 rings (SSSR count). The van der Waals surface area contributed by atoms with Gasteiger partial charge in [0.25, 0.3) is 5.91 Å². The largest absolute Gasteiger partial charge is 0.372 e. The van der Waals surface area contributed by atoms with Gasteiger partial charge in [0.15, 0.2) is 0 Å². The molecule has 1 amide bonds. The highest BCUT2D eigenvalue weighted by Crippen LogP contribution is 2.24. The zero-order valence-electron chi connectivity index (χ0n) is 17.2. The number of benzene rings is 1. The van der Waals surface area contributed by atoms with Gasteiger partial charge in [0, 0.05) is 50.5 Å². The Morgan fingerprint density at radius 2 is 1.82 bits per heavy atom. The lowest BCUT2D eigenvalue weighted by Gasteiger charge is -2.32. The molecule has 6 nitrogen and oxygen atoms in total. The molecule has 150 valence electrons. The van der Waals surface area contributed by atoms with Gasteiger partial charge in [-0.3, -0.25) is 4.79 Å². The van der Waals surface area contributed by atoms with Gasteiger partial charge in [0.05, 0.1) is 5.56 Å². The predicted octanol–water partition coefficient (Wildman–Crippen LogP) is 4.33. The molecule has 0 unspecified atom stereocenters. The molecule has 0 aliphatic carbocycles. The van der Waals surface area contributed by atoms with Gasteiger partial charge in [-0.2, -0.15) is 0 Å². The summed E-state index contributed by atoms with van der Waals surface area (Å²) >= 11 is 0. The van der Waals surface area contributed by atoms with E-state index in [1.807, 2.05) is 19.2 Å². The lowest BCUT2D eigenvalue weighted by molar-refractivity contribution is 0.0792. The van der Waals surface area contributed by atoms with Crippen LogP contribution >= 0.6 is 0 Å². The van der Waals surface area contributed by atoms with E-state index in [4.69, 9.17) is 0 Å². The molecule has 0 radical (unpaired) electrons. The van der Waals surface area contributed by atoms with Crippen LogP contribution in [-0.4, -0.2) is 47.5 Å². The van der Waals surface area contributed by atoms with Crippen molar-refractivity contribution in [1.82, 2.24) is 14.9 Å².